The maximum absolute atomic E-state index is 13.4. The van der Waals surface area contributed by atoms with Crippen molar-refractivity contribution in [1.82, 2.24) is 19.8 Å². The van der Waals surface area contributed by atoms with Crippen LogP contribution in [-0.4, -0.2) is 39.5 Å². The summed E-state index contributed by atoms with van der Waals surface area (Å²) in [5, 5.41) is 2.42. The number of piperidine rings is 1. The minimum Gasteiger partial charge on any atom is -0.344 e. The number of alkyl halides is 3. The number of aromatic nitrogens is 2. The van der Waals surface area contributed by atoms with Crippen LogP contribution in [0.2, 0.25) is 5.02 Å². The van der Waals surface area contributed by atoms with Crippen molar-refractivity contribution in [3.05, 3.63) is 89.4 Å². The van der Waals surface area contributed by atoms with Crippen molar-refractivity contribution in [3.8, 4) is 11.3 Å². The minimum absolute atomic E-state index is 0.0629. The molecule has 9 heteroatoms. The van der Waals surface area contributed by atoms with E-state index in [1.165, 1.54) is 12.1 Å². The number of likely N-dealkylation sites (tertiary alicyclic amines) is 1. The van der Waals surface area contributed by atoms with E-state index in [0.717, 1.165) is 48.7 Å². The Hall–Kier alpha value is -3.10. The molecule has 2 aromatic carbocycles. The molecule has 1 aliphatic rings. The Bertz CT molecular complexity index is 1240. The van der Waals surface area contributed by atoms with Gasteiger partial charge in [0.25, 0.3) is 5.91 Å². The van der Waals surface area contributed by atoms with E-state index in [1.54, 1.807) is 12.5 Å². The lowest BCUT2D eigenvalue weighted by molar-refractivity contribution is -0.137. The Kier molecular flexibility index (Phi) is 7.85. The van der Waals surface area contributed by atoms with Crippen molar-refractivity contribution in [2.75, 3.05) is 13.1 Å². The summed E-state index contributed by atoms with van der Waals surface area (Å²) in [5.41, 5.74) is 1.46. The summed E-state index contributed by atoms with van der Waals surface area (Å²) >= 11 is 6.08. The number of hydrogen-bond acceptors (Lipinski definition) is 3. The minimum atomic E-state index is -4.66. The standard InChI is InChI=1S/C27H28ClF3N4O/c1-3-13-35-14-5-4-12-22(35)25(19-9-6-8-18(15-19)23-16-32-17-34(23)2)33-26(36)20-10-7-11-21(24(20)28)27(29,30)31/h3,6-11,15-17,22,25H,1,4-5,12-14H2,2H3,(H,33,36)/t22-,25-/m0/s1. The SMILES string of the molecule is C=CCN1CCCC[C@H]1[C@@H](NC(=O)c1cccc(C(F)(F)F)c1Cl)c1cccc(-c2cncn2C)c1. The molecule has 0 saturated carbocycles. The average Bonchev–Trinajstić information content (AvgIpc) is 3.28. The molecule has 190 valence electrons. The second kappa shape index (κ2) is 10.9. The van der Waals surface area contributed by atoms with Gasteiger partial charge < -0.3 is 9.88 Å². The highest BCUT2D eigenvalue weighted by Gasteiger charge is 2.36. The van der Waals surface area contributed by atoms with E-state index in [9.17, 15) is 18.0 Å². The monoisotopic (exact) mass is 516 g/mol. The molecular weight excluding hydrogens is 489 g/mol. The lowest BCUT2D eigenvalue weighted by Crippen LogP contribution is -2.48. The van der Waals surface area contributed by atoms with Crippen LogP contribution in [0.1, 0.15) is 46.8 Å². The third kappa shape index (κ3) is 5.50. The van der Waals surface area contributed by atoms with Crippen LogP contribution in [0.4, 0.5) is 13.2 Å². The number of nitrogens with one attached hydrogen (secondary N) is 1. The third-order valence-electron chi connectivity index (χ3n) is 6.61. The van der Waals surface area contributed by atoms with Crippen molar-refractivity contribution >= 4 is 17.5 Å². The lowest BCUT2D eigenvalue weighted by atomic mass is 9.89. The Labute approximate surface area is 213 Å². The Balaban J connectivity index is 1.74. The fraction of sp³-hybridized carbons (Fsp3) is 0.333. The van der Waals surface area contributed by atoms with Crippen LogP contribution < -0.4 is 5.32 Å². The summed E-state index contributed by atoms with van der Waals surface area (Å²) in [6.45, 7) is 5.35. The summed E-state index contributed by atoms with van der Waals surface area (Å²) in [7, 11) is 1.90. The van der Waals surface area contributed by atoms with Crippen molar-refractivity contribution in [1.29, 1.82) is 0 Å². The van der Waals surface area contributed by atoms with Crippen molar-refractivity contribution in [2.24, 2.45) is 7.05 Å². The zero-order valence-corrected chi connectivity index (χ0v) is 20.7. The molecule has 36 heavy (non-hydrogen) atoms. The van der Waals surface area contributed by atoms with Crippen molar-refractivity contribution in [2.45, 2.75) is 37.5 Å². The third-order valence-corrected chi connectivity index (χ3v) is 7.01. The van der Waals surface area contributed by atoms with Crippen LogP contribution in [-0.2, 0) is 13.2 Å². The van der Waals surface area contributed by atoms with Gasteiger partial charge in [0, 0.05) is 25.2 Å². The van der Waals surface area contributed by atoms with E-state index < -0.39 is 28.7 Å². The molecule has 2 heterocycles. The highest BCUT2D eigenvalue weighted by atomic mass is 35.5. The van der Waals surface area contributed by atoms with Gasteiger partial charge in [-0.3, -0.25) is 9.69 Å². The fourth-order valence-electron chi connectivity index (χ4n) is 4.86. The predicted octanol–water partition coefficient (Wildman–Crippen LogP) is 6.27. The maximum Gasteiger partial charge on any atom is 0.417 e. The number of rotatable bonds is 7. The first-order chi connectivity index (χ1) is 17.2. The zero-order valence-electron chi connectivity index (χ0n) is 19.9. The van der Waals surface area contributed by atoms with Crippen molar-refractivity contribution < 1.29 is 18.0 Å². The van der Waals surface area contributed by atoms with Gasteiger partial charge in [0.15, 0.2) is 0 Å². The van der Waals surface area contributed by atoms with Gasteiger partial charge in [-0.15, -0.1) is 6.58 Å². The van der Waals surface area contributed by atoms with Gasteiger partial charge in [-0.25, -0.2) is 4.98 Å². The van der Waals surface area contributed by atoms with Gasteiger partial charge in [-0.05, 0) is 43.1 Å². The van der Waals surface area contributed by atoms with Crippen LogP contribution in [0.25, 0.3) is 11.3 Å². The Morgan fingerprint density at radius 3 is 2.75 bits per heavy atom. The Morgan fingerprint density at radius 1 is 1.28 bits per heavy atom. The molecule has 4 rings (SSSR count). The molecule has 3 aromatic rings. The molecule has 1 N–H and O–H groups in total. The molecule has 1 fully saturated rings. The molecule has 0 unspecified atom stereocenters. The summed E-state index contributed by atoms with van der Waals surface area (Å²) < 4.78 is 42.2. The van der Waals surface area contributed by atoms with E-state index in [-0.39, 0.29) is 11.6 Å². The van der Waals surface area contributed by atoms with Crippen LogP contribution in [0.3, 0.4) is 0 Å². The van der Waals surface area contributed by atoms with Gasteiger partial charge in [0.1, 0.15) is 0 Å². The zero-order chi connectivity index (χ0) is 25.9. The van der Waals surface area contributed by atoms with Gasteiger partial charge in [0.05, 0.1) is 40.4 Å². The van der Waals surface area contributed by atoms with Crippen molar-refractivity contribution in [3.63, 3.8) is 0 Å². The summed E-state index contributed by atoms with van der Waals surface area (Å²) in [5.74, 6) is -0.647. The molecule has 1 saturated heterocycles. The number of carbonyl (C=O) groups is 1. The number of amides is 1. The molecule has 0 spiro atoms. The highest BCUT2D eigenvalue weighted by Crippen LogP contribution is 2.37. The maximum atomic E-state index is 13.4. The number of aryl methyl sites for hydroxylation is 1. The largest absolute Gasteiger partial charge is 0.417 e. The molecule has 1 amide bonds. The normalized spacial score (nSPS) is 17.5. The summed E-state index contributed by atoms with van der Waals surface area (Å²) in [6.07, 6.45) is 3.48. The topological polar surface area (TPSA) is 50.2 Å². The number of imidazole rings is 1. The predicted molar refractivity (Wildman–Crippen MR) is 135 cm³/mol. The van der Waals surface area contributed by atoms with E-state index in [2.05, 4.69) is 21.8 Å². The molecule has 0 aliphatic carbocycles. The molecule has 1 aromatic heterocycles. The second-order valence-corrected chi connectivity index (χ2v) is 9.36. The van der Waals surface area contributed by atoms with Gasteiger partial charge >= 0.3 is 6.18 Å². The quantitative estimate of drug-likeness (QED) is 0.376. The number of carbonyl (C=O) groups excluding carboxylic acids is 1. The fourth-order valence-corrected chi connectivity index (χ4v) is 5.18. The first-order valence-electron chi connectivity index (χ1n) is 11.8. The molecule has 1 aliphatic heterocycles. The summed E-state index contributed by atoms with van der Waals surface area (Å²) in [4.78, 5) is 19.8. The average molecular weight is 517 g/mol. The molecule has 0 bridgehead atoms. The molecular formula is C27H28ClF3N4O. The van der Waals surface area contributed by atoms with Crippen LogP contribution >= 0.6 is 11.6 Å². The van der Waals surface area contributed by atoms with Gasteiger partial charge in [-0.2, -0.15) is 13.2 Å². The van der Waals surface area contributed by atoms with E-state index in [1.807, 2.05) is 42.0 Å². The first kappa shape index (κ1) is 26.0. The number of halogens is 4. The van der Waals surface area contributed by atoms with Crippen LogP contribution in [0.5, 0.6) is 0 Å². The number of nitrogens with zero attached hydrogens (tertiary/aromatic N) is 3. The van der Waals surface area contributed by atoms with Crippen LogP contribution in [0.15, 0.2) is 67.6 Å². The summed E-state index contributed by atoms with van der Waals surface area (Å²) in [6, 6.07) is 10.7. The molecule has 2 atom stereocenters. The molecule has 5 nitrogen and oxygen atoms in total. The van der Waals surface area contributed by atoms with E-state index in [0.29, 0.717) is 6.54 Å². The molecule has 0 radical (unpaired) electrons. The Morgan fingerprint density at radius 2 is 2.06 bits per heavy atom. The second-order valence-electron chi connectivity index (χ2n) is 8.98. The number of hydrogen-bond donors (Lipinski definition) is 1. The highest BCUT2D eigenvalue weighted by molar-refractivity contribution is 6.34. The van der Waals surface area contributed by atoms with E-state index >= 15 is 0 Å². The smallest absolute Gasteiger partial charge is 0.344 e. The number of benzene rings is 2. The first-order valence-corrected chi connectivity index (χ1v) is 12.2. The van der Waals surface area contributed by atoms with Crippen LogP contribution in [0, 0.1) is 0 Å². The van der Waals surface area contributed by atoms with Gasteiger partial charge in [0.2, 0.25) is 0 Å². The van der Waals surface area contributed by atoms with Gasteiger partial charge in [-0.1, -0.05) is 48.4 Å². The van der Waals surface area contributed by atoms with E-state index in [4.69, 9.17) is 11.6 Å². The lowest BCUT2D eigenvalue weighted by Gasteiger charge is -2.40.